The second kappa shape index (κ2) is 6.05. The molecule has 0 bridgehead atoms. The Morgan fingerprint density at radius 2 is 1.64 bits per heavy atom. The van der Waals surface area contributed by atoms with Gasteiger partial charge in [-0.15, -0.1) is 0 Å². The number of fused-ring (bicyclic) bond motifs is 6. The van der Waals surface area contributed by atoms with Gasteiger partial charge in [0.1, 0.15) is 17.3 Å². The predicted octanol–water partition coefficient (Wildman–Crippen LogP) is 7.30. The van der Waals surface area contributed by atoms with Crippen LogP contribution < -0.4 is 4.57 Å². The Labute approximate surface area is 195 Å². The molecule has 2 heteroatoms. The summed E-state index contributed by atoms with van der Waals surface area (Å²) in [5.41, 5.74) is 11.4. The molecule has 33 heavy (non-hydrogen) atoms. The molecular weight excluding hydrogens is 400 g/mol. The summed E-state index contributed by atoms with van der Waals surface area (Å²) in [6.07, 6.45) is 6.10. The normalized spacial score (nSPS) is 23.1. The quantitative estimate of drug-likeness (QED) is 0.209. The van der Waals surface area contributed by atoms with Crippen LogP contribution in [-0.2, 0) is 11.0 Å². The van der Waals surface area contributed by atoms with Gasteiger partial charge in [-0.3, -0.25) is 0 Å². The summed E-state index contributed by atoms with van der Waals surface area (Å²) in [7, 11) is 0. The summed E-state index contributed by atoms with van der Waals surface area (Å²) >= 11 is 0. The van der Waals surface area contributed by atoms with Crippen molar-refractivity contribution in [2.24, 2.45) is 0 Å². The van der Waals surface area contributed by atoms with Crippen LogP contribution in [-0.4, -0.2) is 4.40 Å². The lowest BCUT2D eigenvalue weighted by atomic mass is 9.81. The van der Waals surface area contributed by atoms with E-state index in [9.17, 15) is 0 Å². The van der Waals surface area contributed by atoms with Gasteiger partial charge >= 0.3 is 0 Å². The third-order valence-electron chi connectivity index (χ3n) is 9.17. The van der Waals surface area contributed by atoms with Crippen LogP contribution >= 0.6 is 0 Å². The van der Waals surface area contributed by atoms with Crippen LogP contribution in [0.3, 0.4) is 0 Å². The Kier molecular flexibility index (Phi) is 3.55. The number of benzene rings is 3. The molecule has 0 saturated heterocycles. The van der Waals surface area contributed by atoms with E-state index < -0.39 is 0 Å². The van der Waals surface area contributed by atoms with E-state index >= 15 is 0 Å². The summed E-state index contributed by atoms with van der Waals surface area (Å²) < 4.78 is 5.29. The third kappa shape index (κ3) is 2.05. The van der Waals surface area contributed by atoms with Crippen molar-refractivity contribution in [3.8, 4) is 11.3 Å². The zero-order valence-corrected chi connectivity index (χ0v) is 20.3. The Morgan fingerprint density at radius 3 is 2.36 bits per heavy atom. The minimum Gasteiger partial charge on any atom is -0.223 e. The molecule has 1 saturated carbocycles. The first-order valence-corrected chi connectivity index (χ1v) is 12.5. The van der Waals surface area contributed by atoms with Crippen molar-refractivity contribution in [2.75, 3.05) is 0 Å². The average molecular weight is 432 g/mol. The maximum Gasteiger partial charge on any atom is 0.296 e. The fourth-order valence-corrected chi connectivity index (χ4v) is 7.53. The maximum atomic E-state index is 2.70. The molecule has 2 atom stereocenters. The molecule has 2 aliphatic rings. The van der Waals surface area contributed by atoms with E-state index in [0.717, 1.165) is 0 Å². The highest BCUT2D eigenvalue weighted by atomic mass is 15.2. The van der Waals surface area contributed by atoms with Crippen LogP contribution in [0.25, 0.3) is 38.6 Å². The van der Waals surface area contributed by atoms with Gasteiger partial charge in [0, 0.05) is 28.2 Å². The van der Waals surface area contributed by atoms with Crippen molar-refractivity contribution in [3.63, 3.8) is 0 Å². The average Bonchev–Trinajstić information content (AvgIpc) is 3.37. The first-order chi connectivity index (χ1) is 16.0. The topological polar surface area (TPSA) is 8.29 Å². The molecule has 7 rings (SSSR count). The standard InChI is InChI=1S/C31H31N2/c1-6-30-18-31(30,7-2)32-17-26(27-20(4)10-8-11-21(27)5)33-25-15-14-19(3)16-23(25)22-12-9-13-24(30)28(22)29(32)33/h8-17H,6-7,18H2,1-5H3/q+1. The fraction of sp³-hybridized carbons (Fsp3) is 0.323. The van der Waals surface area contributed by atoms with E-state index in [-0.39, 0.29) is 11.0 Å². The molecule has 3 heterocycles. The summed E-state index contributed by atoms with van der Waals surface area (Å²) in [6, 6.07) is 20.8. The molecule has 0 amide bonds. The number of imidazole rings is 1. The highest BCUT2D eigenvalue weighted by Gasteiger charge is 2.73. The number of hydrogen-bond donors (Lipinski definition) is 0. The van der Waals surface area contributed by atoms with E-state index in [4.69, 9.17) is 0 Å². The highest BCUT2D eigenvalue weighted by molar-refractivity contribution is 6.14. The van der Waals surface area contributed by atoms with Gasteiger partial charge in [0.25, 0.3) is 5.65 Å². The first kappa shape index (κ1) is 19.3. The molecule has 164 valence electrons. The Morgan fingerprint density at radius 1 is 0.879 bits per heavy atom. The molecule has 1 aliphatic carbocycles. The zero-order valence-electron chi connectivity index (χ0n) is 20.3. The summed E-state index contributed by atoms with van der Waals surface area (Å²) in [6.45, 7) is 11.5. The Hall–Kier alpha value is -3.13. The van der Waals surface area contributed by atoms with E-state index in [2.05, 4.69) is 104 Å². The zero-order chi connectivity index (χ0) is 22.7. The van der Waals surface area contributed by atoms with Gasteiger partial charge in [0.05, 0.1) is 5.39 Å². The molecule has 1 fully saturated rings. The first-order valence-electron chi connectivity index (χ1n) is 12.5. The van der Waals surface area contributed by atoms with Crippen LogP contribution in [0.4, 0.5) is 0 Å². The van der Waals surface area contributed by atoms with Crippen LogP contribution in [0.1, 0.15) is 55.4 Å². The van der Waals surface area contributed by atoms with E-state index in [0.29, 0.717) is 0 Å². The molecular formula is C31H31N2+. The number of hydrogen-bond acceptors (Lipinski definition) is 0. The van der Waals surface area contributed by atoms with E-state index in [1.807, 2.05) is 0 Å². The SMILES string of the molecule is CCC12CC1(CC)[n+]1cc(-c3c(C)cccc3C)n3c4ccc(C)cc4c4cccc2c4c31. The van der Waals surface area contributed by atoms with Crippen LogP contribution in [0, 0.1) is 20.8 Å². The lowest BCUT2D eigenvalue weighted by Crippen LogP contribution is -2.52. The number of pyridine rings is 1. The second-order valence-corrected chi connectivity index (χ2v) is 10.6. The summed E-state index contributed by atoms with van der Waals surface area (Å²) in [5.74, 6) is 0. The van der Waals surface area contributed by atoms with Crippen LogP contribution in [0.2, 0.25) is 0 Å². The lowest BCUT2D eigenvalue weighted by Gasteiger charge is -2.28. The largest absolute Gasteiger partial charge is 0.296 e. The molecule has 5 aromatic rings. The van der Waals surface area contributed by atoms with Crippen molar-refractivity contribution in [3.05, 3.63) is 83.0 Å². The van der Waals surface area contributed by atoms with Gasteiger partial charge in [-0.1, -0.05) is 61.9 Å². The number of aromatic nitrogens is 2. The number of nitrogens with zero attached hydrogens (tertiary/aromatic N) is 2. The van der Waals surface area contributed by atoms with Crippen LogP contribution in [0.15, 0.2) is 60.8 Å². The Bertz CT molecular complexity index is 1630. The van der Waals surface area contributed by atoms with Gasteiger partial charge in [-0.25, -0.2) is 4.57 Å². The van der Waals surface area contributed by atoms with Crippen molar-refractivity contribution >= 4 is 27.3 Å². The number of rotatable bonds is 3. The predicted molar refractivity (Wildman–Crippen MR) is 137 cm³/mol. The van der Waals surface area contributed by atoms with Gasteiger partial charge < -0.3 is 0 Å². The Balaban J connectivity index is 1.80. The lowest BCUT2D eigenvalue weighted by molar-refractivity contribution is -0.720. The van der Waals surface area contributed by atoms with Crippen molar-refractivity contribution in [1.29, 1.82) is 0 Å². The molecule has 1 aliphatic heterocycles. The van der Waals surface area contributed by atoms with E-state index in [1.165, 1.54) is 74.5 Å². The molecule has 0 spiro atoms. The third-order valence-corrected chi connectivity index (χ3v) is 9.17. The van der Waals surface area contributed by atoms with Crippen molar-refractivity contribution < 1.29 is 4.57 Å². The van der Waals surface area contributed by atoms with Crippen LogP contribution in [0.5, 0.6) is 0 Å². The fourth-order valence-electron chi connectivity index (χ4n) is 7.53. The van der Waals surface area contributed by atoms with Gasteiger partial charge in [-0.05, 0) is 62.4 Å². The maximum absolute atomic E-state index is 2.70. The van der Waals surface area contributed by atoms with Crippen molar-refractivity contribution in [1.82, 2.24) is 4.40 Å². The van der Waals surface area contributed by atoms with Gasteiger partial charge in [0.15, 0.2) is 5.69 Å². The molecule has 0 N–H and O–H groups in total. The molecule has 3 aromatic carbocycles. The minimum absolute atomic E-state index is 0.182. The highest BCUT2D eigenvalue weighted by Crippen LogP contribution is 2.67. The molecule has 2 unspecified atom stereocenters. The van der Waals surface area contributed by atoms with Gasteiger partial charge in [-0.2, -0.15) is 4.40 Å². The monoisotopic (exact) mass is 431 g/mol. The second-order valence-electron chi connectivity index (χ2n) is 10.6. The number of aryl methyl sites for hydroxylation is 3. The molecule has 2 nitrogen and oxygen atoms in total. The smallest absolute Gasteiger partial charge is 0.223 e. The van der Waals surface area contributed by atoms with E-state index in [1.54, 1.807) is 5.56 Å². The summed E-state index contributed by atoms with van der Waals surface area (Å²) in [4.78, 5) is 0. The van der Waals surface area contributed by atoms with Gasteiger partial charge in [0.2, 0.25) is 0 Å². The van der Waals surface area contributed by atoms with Crippen molar-refractivity contribution in [2.45, 2.75) is 64.8 Å². The molecule has 2 aromatic heterocycles. The molecule has 0 radical (unpaired) electrons. The summed E-state index contributed by atoms with van der Waals surface area (Å²) in [5, 5.41) is 4.24. The minimum atomic E-state index is 0.182.